The van der Waals surface area contributed by atoms with Gasteiger partial charge in [0.1, 0.15) is 18.3 Å². The van der Waals surface area contributed by atoms with Crippen molar-refractivity contribution < 1.29 is 30.3 Å². The summed E-state index contributed by atoms with van der Waals surface area (Å²) in [6, 6.07) is 0. The first-order chi connectivity index (χ1) is 12.5. The van der Waals surface area contributed by atoms with Crippen molar-refractivity contribution >= 4 is 5.91 Å². The highest BCUT2D eigenvalue weighted by Crippen LogP contribution is 2.11. The largest absolute Gasteiger partial charge is 0.394 e. The van der Waals surface area contributed by atoms with Crippen molar-refractivity contribution in [2.24, 2.45) is 0 Å². The molecule has 0 aliphatic carbocycles. The Bertz CT molecular complexity index is 342. The summed E-state index contributed by atoms with van der Waals surface area (Å²) in [6.45, 7) is 1.83. The van der Waals surface area contributed by atoms with Gasteiger partial charge in [-0.05, 0) is 6.42 Å². The summed E-state index contributed by atoms with van der Waals surface area (Å²) in [4.78, 5) is 11.7. The minimum atomic E-state index is -1.85. The van der Waals surface area contributed by atoms with Crippen LogP contribution in [-0.4, -0.2) is 69.0 Å². The van der Waals surface area contributed by atoms with Crippen LogP contribution in [0.1, 0.15) is 77.6 Å². The smallest absolute Gasteiger partial charge is 0.251 e. The maximum absolute atomic E-state index is 11.7. The molecule has 0 aromatic heterocycles. The number of aliphatic hydroxyl groups excluding tert-OH is 5. The summed E-state index contributed by atoms with van der Waals surface area (Å²) in [5, 5.41) is 49.2. The third kappa shape index (κ3) is 11.8. The van der Waals surface area contributed by atoms with Gasteiger partial charge >= 0.3 is 0 Å². The maximum atomic E-state index is 11.7. The van der Waals surface area contributed by atoms with E-state index >= 15 is 0 Å². The van der Waals surface area contributed by atoms with E-state index in [1.165, 1.54) is 51.4 Å². The molecule has 7 heteroatoms. The van der Waals surface area contributed by atoms with E-state index in [1.54, 1.807) is 0 Å². The van der Waals surface area contributed by atoms with Crippen molar-refractivity contribution in [2.45, 2.75) is 102 Å². The first-order valence-corrected chi connectivity index (χ1v) is 10.1. The fraction of sp³-hybridized carbons (Fsp3) is 0.947. The number of carbonyl (C=O) groups excluding carboxylic acids is 1. The van der Waals surface area contributed by atoms with E-state index in [2.05, 4.69) is 12.2 Å². The highest BCUT2D eigenvalue weighted by molar-refractivity contribution is 5.81. The molecule has 4 atom stereocenters. The molecule has 0 aromatic carbocycles. The van der Waals surface area contributed by atoms with Crippen LogP contribution in [-0.2, 0) is 4.79 Å². The molecule has 0 aliphatic rings. The van der Waals surface area contributed by atoms with Crippen molar-refractivity contribution in [1.82, 2.24) is 5.32 Å². The molecular formula is C19H39NO6. The Hall–Kier alpha value is -0.730. The molecule has 0 unspecified atom stereocenters. The molecule has 0 rings (SSSR count). The molecule has 0 saturated carbocycles. The van der Waals surface area contributed by atoms with Gasteiger partial charge in [-0.1, -0.05) is 71.1 Å². The van der Waals surface area contributed by atoms with E-state index < -0.39 is 36.9 Å². The lowest BCUT2D eigenvalue weighted by Gasteiger charge is -2.24. The Morgan fingerprint density at radius 3 is 1.69 bits per heavy atom. The minimum absolute atomic E-state index is 0.387. The van der Waals surface area contributed by atoms with Gasteiger partial charge in [-0.3, -0.25) is 4.79 Å². The average Bonchev–Trinajstić information content (AvgIpc) is 2.66. The SMILES string of the molecule is CCCCCCCCCCCCCNC(=O)[C@H](O)[C@@H](O)[C@H](O)[C@H](O)CO. The fourth-order valence-corrected chi connectivity index (χ4v) is 2.78. The Morgan fingerprint density at radius 2 is 1.23 bits per heavy atom. The van der Waals surface area contributed by atoms with E-state index in [0.29, 0.717) is 6.54 Å². The minimum Gasteiger partial charge on any atom is -0.394 e. The van der Waals surface area contributed by atoms with E-state index in [1.807, 2.05) is 0 Å². The molecule has 0 bridgehead atoms. The van der Waals surface area contributed by atoms with Gasteiger partial charge in [0.2, 0.25) is 0 Å². The molecule has 26 heavy (non-hydrogen) atoms. The summed E-state index contributed by atoms with van der Waals surface area (Å²) >= 11 is 0. The molecule has 1 amide bonds. The van der Waals surface area contributed by atoms with Crippen molar-refractivity contribution in [3.63, 3.8) is 0 Å². The predicted octanol–water partition coefficient (Wildman–Crippen LogP) is 0.849. The summed E-state index contributed by atoms with van der Waals surface area (Å²) < 4.78 is 0. The van der Waals surface area contributed by atoms with Gasteiger partial charge in [0.25, 0.3) is 5.91 Å². The molecule has 0 fully saturated rings. The van der Waals surface area contributed by atoms with Crippen LogP contribution in [0, 0.1) is 0 Å². The lowest BCUT2D eigenvalue weighted by molar-refractivity contribution is -0.148. The van der Waals surface area contributed by atoms with Gasteiger partial charge in [-0.25, -0.2) is 0 Å². The predicted molar refractivity (Wildman–Crippen MR) is 101 cm³/mol. The Kier molecular flexibility index (Phi) is 16.0. The highest BCUT2D eigenvalue weighted by Gasteiger charge is 2.33. The number of hydrogen-bond donors (Lipinski definition) is 6. The highest BCUT2D eigenvalue weighted by atomic mass is 16.4. The second-order valence-corrected chi connectivity index (χ2v) is 7.00. The first-order valence-electron chi connectivity index (χ1n) is 10.1. The molecule has 6 N–H and O–H groups in total. The summed E-state index contributed by atoms with van der Waals surface area (Å²) in [7, 11) is 0. The van der Waals surface area contributed by atoms with Gasteiger partial charge in [0, 0.05) is 6.54 Å². The second kappa shape index (κ2) is 16.4. The van der Waals surface area contributed by atoms with Crippen molar-refractivity contribution in [2.75, 3.05) is 13.2 Å². The van der Waals surface area contributed by atoms with Crippen LogP contribution in [0.15, 0.2) is 0 Å². The Labute approximate surface area is 157 Å². The van der Waals surface area contributed by atoms with Crippen LogP contribution in [0.5, 0.6) is 0 Å². The summed E-state index contributed by atoms with van der Waals surface area (Å²) in [6.07, 6.45) is 6.09. The number of rotatable bonds is 17. The van der Waals surface area contributed by atoms with Crippen molar-refractivity contribution in [1.29, 1.82) is 0 Å². The number of carbonyl (C=O) groups is 1. The molecule has 156 valence electrons. The maximum Gasteiger partial charge on any atom is 0.251 e. The topological polar surface area (TPSA) is 130 Å². The van der Waals surface area contributed by atoms with Crippen LogP contribution < -0.4 is 5.32 Å². The van der Waals surface area contributed by atoms with Crippen LogP contribution in [0.2, 0.25) is 0 Å². The molecule has 0 aromatic rings. The molecule has 0 aliphatic heterocycles. The van der Waals surface area contributed by atoms with E-state index in [0.717, 1.165) is 19.3 Å². The third-order valence-electron chi connectivity index (χ3n) is 4.60. The zero-order chi connectivity index (χ0) is 19.8. The van der Waals surface area contributed by atoms with E-state index in [-0.39, 0.29) is 0 Å². The fourth-order valence-electron chi connectivity index (χ4n) is 2.78. The number of aliphatic hydroxyl groups is 5. The zero-order valence-corrected chi connectivity index (χ0v) is 16.1. The standard InChI is InChI=1S/C19H39NO6/c1-2-3-4-5-6-7-8-9-10-11-12-13-20-19(26)18(25)17(24)16(23)15(22)14-21/h15-18,21-25H,2-14H2,1H3,(H,20,26)/t15-,16-,17+,18-/m1/s1. The third-order valence-corrected chi connectivity index (χ3v) is 4.60. The van der Waals surface area contributed by atoms with Gasteiger partial charge in [-0.15, -0.1) is 0 Å². The molecule has 0 saturated heterocycles. The number of unbranched alkanes of at least 4 members (excludes halogenated alkanes) is 10. The van der Waals surface area contributed by atoms with Gasteiger partial charge in [-0.2, -0.15) is 0 Å². The Balaban J connectivity index is 3.61. The summed E-state index contributed by atoms with van der Waals surface area (Å²) in [5.41, 5.74) is 0. The molecule has 0 radical (unpaired) electrons. The van der Waals surface area contributed by atoms with Crippen LogP contribution in [0.25, 0.3) is 0 Å². The lowest BCUT2D eigenvalue weighted by atomic mass is 10.0. The van der Waals surface area contributed by atoms with E-state index in [4.69, 9.17) is 5.11 Å². The number of amides is 1. The van der Waals surface area contributed by atoms with Crippen LogP contribution in [0.3, 0.4) is 0 Å². The number of hydrogen-bond acceptors (Lipinski definition) is 6. The Morgan fingerprint density at radius 1 is 0.769 bits per heavy atom. The number of nitrogens with one attached hydrogen (secondary N) is 1. The molecular weight excluding hydrogens is 338 g/mol. The van der Waals surface area contributed by atoms with Gasteiger partial charge in [0.15, 0.2) is 6.10 Å². The normalized spacial score (nSPS) is 16.1. The first kappa shape index (κ1) is 25.3. The van der Waals surface area contributed by atoms with Crippen LogP contribution in [0.4, 0.5) is 0 Å². The lowest BCUT2D eigenvalue weighted by Crippen LogP contribution is -2.51. The molecule has 0 spiro atoms. The van der Waals surface area contributed by atoms with Crippen molar-refractivity contribution in [3.8, 4) is 0 Å². The molecule has 0 heterocycles. The monoisotopic (exact) mass is 377 g/mol. The summed E-state index contributed by atoms with van der Waals surface area (Å²) in [5.74, 6) is -0.797. The average molecular weight is 378 g/mol. The van der Waals surface area contributed by atoms with Gasteiger partial charge in [0.05, 0.1) is 6.61 Å². The van der Waals surface area contributed by atoms with Crippen molar-refractivity contribution in [3.05, 3.63) is 0 Å². The van der Waals surface area contributed by atoms with Crippen LogP contribution >= 0.6 is 0 Å². The second-order valence-electron chi connectivity index (χ2n) is 7.00. The molecule has 7 nitrogen and oxygen atoms in total. The van der Waals surface area contributed by atoms with Gasteiger partial charge < -0.3 is 30.8 Å². The van der Waals surface area contributed by atoms with E-state index in [9.17, 15) is 25.2 Å². The quantitative estimate of drug-likeness (QED) is 0.208. The zero-order valence-electron chi connectivity index (χ0n) is 16.1.